The van der Waals surface area contributed by atoms with Crippen LogP contribution in [0.2, 0.25) is 0 Å². The number of ketones is 3. The molecule has 3 amide bonds. The number of fused-ring (bicyclic) bond motifs is 3. The molecule has 0 radical (unpaired) electrons. The Balaban J connectivity index is 1.38. The summed E-state index contributed by atoms with van der Waals surface area (Å²) in [7, 11) is 3.06. The molecule has 1 unspecified atom stereocenters. The van der Waals surface area contributed by atoms with Crippen LogP contribution in [0.25, 0.3) is 0 Å². The molecule has 1 aliphatic carbocycles. The Morgan fingerprint density at radius 3 is 2.07 bits per heavy atom. The number of carbonyl (C=O) groups is 7. The van der Waals surface area contributed by atoms with Crippen molar-refractivity contribution in [1.29, 1.82) is 0 Å². The summed E-state index contributed by atoms with van der Waals surface area (Å²) in [5, 5.41) is 39.9. The molecule has 7 N–H and O–H groups in total. The standard InChI is InChI=1S/C66H108N4O20/c1-10-27-83-29-24-68-58(72)23-28-84-31-33-86-35-36-87-34-32-85-30-25-69-65(79)89-54-22-20-49(40-57(54)82-9)39-51(67)56-42-53(71)45(4)38-47(6)60(74)61(75)59(73)46(5)37-43(2)16-12-11-13-17-44(3)55(81-8)41-50-21-19-48(7)66(80,90-50)62(76)63(77)70-26-15-14-18-52(70)64(78)88-56/h11-13,16-17,38,43,45-46,48-52,54-57,60-61,74-75,80H,10,14-15,18-37,39-42,67H2,1-9H3,(H,68,72)(H,69,79)/b13-11+,16-12+,44-17+,47-38+/t43-,45?,46-,48-,49+,50+,51-,52+,54-,55+,56+,57-,60-,61+,66-/m1/s1. The van der Waals surface area contributed by atoms with E-state index < -0.39 is 120 Å². The number of alkyl carbamates (subject to hydrolysis) is 1. The number of methoxy groups -OCH3 is 2. The van der Waals surface area contributed by atoms with Crippen molar-refractivity contribution in [3.63, 3.8) is 0 Å². The lowest BCUT2D eigenvalue weighted by Gasteiger charge is -2.42. The smallest absolute Gasteiger partial charge is 0.407 e. The van der Waals surface area contributed by atoms with Gasteiger partial charge in [0.15, 0.2) is 5.78 Å². The molecular weight excluding hydrogens is 1170 g/mol. The number of cyclic esters (lactones) is 1. The summed E-state index contributed by atoms with van der Waals surface area (Å²) in [6.45, 7) is 16.6. The number of allylic oxidation sites excluding steroid dienone is 6. The molecule has 3 fully saturated rings. The van der Waals surface area contributed by atoms with Crippen molar-refractivity contribution in [1.82, 2.24) is 15.5 Å². The fourth-order valence-corrected chi connectivity index (χ4v) is 11.7. The zero-order chi connectivity index (χ0) is 66.2. The number of esters is 1. The topological polar surface area (TPSA) is 326 Å². The second kappa shape index (κ2) is 41.7. The predicted octanol–water partition coefficient (Wildman–Crippen LogP) is 4.95. The molecule has 90 heavy (non-hydrogen) atoms. The molecule has 512 valence electrons. The van der Waals surface area contributed by atoms with E-state index in [1.807, 2.05) is 51.2 Å². The molecule has 0 spiro atoms. The van der Waals surface area contributed by atoms with E-state index in [4.69, 9.17) is 53.1 Å². The number of aliphatic hydroxyl groups is 3. The normalized spacial score (nSPS) is 32.3. The fraction of sp³-hybridized carbons (Fsp3) is 0.773. The molecule has 24 nitrogen and oxygen atoms in total. The van der Waals surface area contributed by atoms with Gasteiger partial charge in [-0.2, -0.15) is 0 Å². The van der Waals surface area contributed by atoms with Crippen molar-refractivity contribution < 1.29 is 96.2 Å². The Hall–Kier alpha value is -4.83. The van der Waals surface area contributed by atoms with E-state index in [1.165, 1.54) is 20.1 Å². The Morgan fingerprint density at radius 1 is 0.744 bits per heavy atom. The number of Topliss-reactive ketones (excluding diaryl/α,β-unsaturated/α-hetero) is 3. The first-order chi connectivity index (χ1) is 43.0. The maximum Gasteiger partial charge on any atom is 0.407 e. The Morgan fingerprint density at radius 2 is 1.40 bits per heavy atom. The Labute approximate surface area is 533 Å². The zero-order valence-electron chi connectivity index (χ0n) is 54.9. The molecule has 4 rings (SSSR count). The predicted molar refractivity (Wildman–Crippen MR) is 333 cm³/mol. The van der Waals surface area contributed by atoms with Crippen molar-refractivity contribution in [3.05, 3.63) is 47.6 Å². The quantitative estimate of drug-likeness (QED) is 0.0289. The van der Waals surface area contributed by atoms with Crippen molar-refractivity contribution in [3.8, 4) is 0 Å². The maximum atomic E-state index is 14.6. The van der Waals surface area contributed by atoms with E-state index in [1.54, 1.807) is 27.9 Å². The summed E-state index contributed by atoms with van der Waals surface area (Å²) in [4.78, 5) is 97.0. The van der Waals surface area contributed by atoms with Gasteiger partial charge in [0.1, 0.15) is 36.2 Å². The van der Waals surface area contributed by atoms with Crippen molar-refractivity contribution in [2.45, 2.75) is 199 Å². The van der Waals surface area contributed by atoms with Crippen LogP contribution in [0.5, 0.6) is 0 Å². The molecule has 0 aromatic rings. The number of nitrogens with zero attached hydrogens (tertiary/aromatic N) is 1. The highest BCUT2D eigenvalue weighted by molar-refractivity contribution is 6.39. The third kappa shape index (κ3) is 26.3. The highest BCUT2D eigenvalue weighted by atomic mass is 16.6. The second-order valence-corrected chi connectivity index (χ2v) is 24.5. The number of amides is 3. The number of hydrogen-bond donors (Lipinski definition) is 6. The highest BCUT2D eigenvalue weighted by Gasteiger charge is 2.53. The molecule has 3 heterocycles. The number of nitrogens with one attached hydrogen (secondary N) is 2. The molecule has 1 saturated carbocycles. The molecule has 15 atom stereocenters. The van der Waals surface area contributed by atoms with Gasteiger partial charge < -0.3 is 84.0 Å². The summed E-state index contributed by atoms with van der Waals surface area (Å²) in [5.41, 5.74) is 7.99. The number of ether oxygens (including phenoxy) is 10. The lowest BCUT2D eigenvalue weighted by molar-refractivity contribution is -0.265. The van der Waals surface area contributed by atoms with Crippen LogP contribution in [-0.2, 0) is 76.1 Å². The summed E-state index contributed by atoms with van der Waals surface area (Å²) in [5.74, 6) is -9.31. The maximum absolute atomic E-state index is 14.6. The minimum Gasteiger partial charge on any atom is -0.459 e. The number of hydrogen-bond acceptors (Lipinski definition) is 21. The van der Waals surface area contributed by atoms with Crippen LogP contribution in [0.15, 0.2) is 47.6 Å². The Kier molecular flexibility index (Phi) is 36.0. The zero-order valence-corrected chi connectivity index (χ0v) is 54.9. The van der Waals surface area contributed by atoms with E-state index in [0.717, 1.165) is 16.9 Å². The second-order valence-electron chi connectivity index (χ2n) is 24.5. The molecule has 24 heteroatoms. The molecule has 0 aromatic heterocycles. The van der Waals surface area contributed by atoms with Gasteiger partial charge in [-0.3, -0.25) is 24.0 Å². The summed E-state index contributed by atoms with van der Waals surface area (Å²) < 4.78 is 57.3. The van der Waals surface area contributed by atoms with E-state index >= 15 is 0 Å². The first-order valence-electron chi connectivity index (χ1n) is 32.5. The van der Waals surface area contributed by atoms with Gasteiger partial charge in [0.05, 0.1) is 77.8 Å². The van der Waals surface area contributed by atoms with Crippen molar-refractivity contribution in [2.75, 3.05) is 99.9 Å². The minimum absolute atomic E-state index is 0.00532. The lowest BCUT2D eigenvalue weighted by atomic mass is 9.80. The van der Waals surface area contributed by atoms with Crippen LogP contribution >= 0.6 is 0 Å². The molecule has 4 aliphatic rings. The minimum atomic E-state index is -2.50. The van der Waals surface area contributed by atoms with Crippen LogP contribution in [0.1, 0.15) is 138 Å². The van der Waals surface area contributed by atoms with Crippen LogP contribution in [0.4, 0.5) is 4.79 Å². The highest BCUT2D eigenvalue weighted by Crippen LogP contribution is 2.37. The van der Waals surface area contributed by atoms with Crippen LogP contribution < -0.4 is 16.4 Å². The largest absolute Gasteiger partial charge is 0.459 e. The number of carbonyl (C=O) groups excluding carboxylic acids is 7. The first-order valence-corrected chi connectivity index (χ1v) is 32.5. The van der Waals surface area contributed by atoms with Gasteiger partial charge in [-0.25, -0.2) is 9.59 Å². The third-order valence-corrected chi connectivity index (χ3v) is 17.2. The molecular formula is C66H108N4O20. The monoisotopic (exact) mass is 1280 g/mol. The molecule has 2 saturated heterocycles. The van der Waals surface area contributed by atoms with Gasteiger partial charge >= 0.3 is 12.1 Å². The fourth-order valence-electron chi connectivity index (χ4n) is 11.7. The van der Waals surface area contributed by atoms with Crippen molar-refractivity contribution in [2.24, 2.45) is 35.3 Å². The van der Waals surface area contributed by atoms with Gasteiger partial charge in [0.2, 0.25) is 11.7 Å². The van der Waals surface area contributed by atoms with Gasteiger partial charge in [0.25, 0.3) is 11.7 Å². The average Bonchev–Trinajstić information content (AvgIpc) is 1.18. The molecule has 3 aliphatic heterocycles. The van der Waals surface area contributed by atoms with E-state index in [-0.39, 0.29) is 68.7 Å². The summed E-state index contributed by atoms with van der Waals surface area (Å²) in [6.07, 6.45) is 8.15. The van der Waals surface area contributed by atoms with Gasteiger partial charge in [-0.15, -0.1) is 0 Å². The first kappa shape index (κ1) is 77.6. The number of rotatable bonds is 26. The summed E-state index contributed by atoms with van der Waals surface area (Å²) in [6, 6.07) is -2.22. The van der Waals surface area contributed by atoms with Gasteiger partial charge in [-0.05, 0) is 107 Å². The average molecular weight is 1280 g/mol. The van der Waals surface area contributed by atoms with Crippen LogP contribution in [-0.4, -0.2) is 222 Å². The van der Waals surface area contributed by atoms with Crippen LogP contribution in [0, 0.1) is 29.6 Å². The summed E-state index contributed by atoms with van der Waals surface area (Å²) >= 11 is 0. The molecule has 0 aromatic carbocycles. The molecule has 2 bridgehead atoms. The van der Waals surface area contributed by atoms with Crippen molar-refractivity contribution >= 4 is 41.2 Å². The van der Waals surface area contributed by atoms with E-state index in [0.29, 0.717) is 117 Å². The number of aliphatic hydroxyl groups excluding tert-OH is 2. The Bertz CT molecular complexity index is 2350. The number of nitrogens with two attached hydrogens (primary N) is 1. The third-order valence-electron chi connectivity index (χ3n) is 17.2. The van der Waals surface area contributed by atoms with E-state index in [9.17, 15) is 48.9 Å². The number of piperidine rings is 1. The SMILES string of the molecule is CCCOCCNC(=O)CCOCCOCCOCCOCCNC(=O)O[C@@H]1CC[C@@H](C[C@@H](N)[C@@H]2CC(=O)C(C)/C=C(\C)[C@@H](O)[C@@H](O)C(=O)[C@H](C)C[C@H](C)/C=C/C=C/C=C(\C)[C@@H](OC)C[C@@H]3CC[C@@H](C)[C@@](O)(O3)C(=O)C(=O)N3CCCC[C@H]3C(=O)O2)C[C@H]1OC. The van der Waals surface area contributed by atoms with Crippen LogP contribution in [0.3, 0.4) is 0 Å². The van der Waals surface area contributed by atoms with E-state index in [2.05, 4.69) is 10.6 Å². The van der Waals surface area contributed by atoms with Gasteiger partial charge in [-0.1, -0.05) is 71.1 Å². The van der Waals surface area contributed by atoms with Gasteiger partial charge in [0, 0.05) is 83.5 Å². The lowest BCUT2D eigenvalue weighted by Crippen LogP contribution is -2.61.